The fourth-order valence-electron chi connectivity index (χ4n) is 1.75. The molecule has 1 aromatic rings. The molecule has 0 aliphatic carbocycles. The molecule has 0 fully saturated rings. The number of anilines is 1. The van der Waals surface area contributed by atoms with E-state index < -0.39 is 0 Å². The van der Waals surface area contributed by atoms with Crippen molar-refractivity contribution in [3.8, 4) is 0 Å². The minimum Gasteiger partial charge on any atom is -0.382 e. The van der Waals surface area contributed by atoms with E-state index in [-0.39, 0.29) is 0 Å². The van der Waals surface area contributed by atoms with Crippen molar-refractivity contribution in [2.24, 2.45) is 0 Å². The third kappa shape index (κ3) is 1.31. The number of aryl methyl sites for hydroxylation is 2. The van der Waals surface area contributed by atoms with E-state index in [2.05, 4.69) is 37.4 Å². The van der Waals surface area contributed by atoms with Crippen molar-refractivity contribution in [2.75, 3.05) is 5.32 Å². The number of hydrogen-bond acceptors (Lipinski definition) is 1. The van der Waals surface area contributed by atoms with Crippen molar-refractivity contribution < 1.29 is 0 Å². The maximum atomic E-state index is 3.50. The smallest absolute Gasteiger partial charge is 0.0377 e. The topological polar surface area (TPSA) is 12.0 Å². The Labute approximate surface area is 73.8 Å². The minimum atomic E-state index is 0.638. The highest BCUT2D eigenvalue weighted by Crippen LogP contribution is 2.25. The fraction of sp³-hybridized carbons (Fsp3) is 0.455. The van der Waals surface area contributed by atoms with Gasteiger partial charge in [0, 0.05) is 11.7 Å². The van der Waals surface area contributed by atoms with E-state index in [0.717, 1.165) is 0 Å². The molecule has 0 saturated carbocycles. The number of fused-ring (bicyclic) bond motifs is 1. The first-order valence-corrected chi connectivity index (χ1v) is 4.62. The SMILES string of the molecule is Cc1ccc2c(c1)N[C@H](C)CC2. The van der Waals surface area contributed by atoms with Crippen LogP contribution in [0.15, 0.2) is 18.2 Å². The second-order valence-electron chi connectivity index (χ2n) is 3.74. The molecule has 0 aromatic heterocycles. The first-order chi connectivity index (χ1) is 5.75. The molecular weight excluding hydrogens is 146 g/mol. The Bertz CT molecular complexity index is 291. The predicted octanol–water partition coefficient (Wildman–Crippen LogP) is 2.74. The number of nitrogens with one attached hydrogen (secondary N) is 1. The first kappa shape index (κ1) is 7.66. The molecule has 0 amide bonds. The van der Waals surface area contributed by atoms with Crippen LogP contribution in [-0.4, -0.2) is 6.04 Å². The molecule has 1 aliphatic heterocycles. The predicted molar refractivity (Wildman–Crippen MR) is 52.6 cm³/mol. The minimum absolute atomic E-state index is 0.638. The first-order valence-electron chi connectivity index (χ1n) is 4.62. The normalized spacial score (nSPS) is 21.3. The summed E-state index contributed by atoms with van der Waals surface area (Å²) in [5.74, 6) is 0. The van der Waals surface area contributed by atoms with Gasteiger partial charge < -0.3 is 5.32 Å². The van der Waals surface area contributed by atoms with Gasteiger partial charge >= 0.3 is 0 Å². The summed E-state index contributed by atoms with van der Waals surface area (Å²) in [5, 5.41) is 3.50. The van der Waals surface area contributed by atoms with Crippen molar-refractivity contribution in [2.45, 2.75) is 32.7 Å². The number of rotatable bonds is 0. The number of benzene rings is 1. The van der Waals surface area contributed by atoms with Crippen LogP contribution in [0.1, 0.15) is 24.5 Å². The standard InChI is InChI=1S/C11H15N/c1-8-3-5-10-6-4-9(2)12-11(10)7-8/h3,5,7,9,12H,4,6H2,1-2H3/t9-/m1/s1. The monoisotopic (exact) mass is 161 g/mol. The Morgan fingerprint density at radius 1 is 1.42 bits per heavy atom. The lowest BCUT2D eigenvalue weighted by Gasteiger charge is -2.24. The third-order valence-corrected chi connectivity index (χ3v) is 2.51. The van der Waals surface area contributed by atoms with Gasteiger partial charge in [-0.15, -0.1) is 0 Å². The Morgan fingerprint density at radius 3 is 3.08 bits per heavy atom. The molecule has 1 N–H and O–H groups in total. The van der Waals surface area contributed by atoms with Crippen molar-refractivity contribution in [3.63, 3.8) is 0 Å². The largest absolute Gasteiger partial charge is 0.382 e. The molecule has 0 spiro atoms. The molecule has 1 atom stereocenters. The van der Waals surface area contributed by atoms with Crippen LogP contribution in [0.4, 0.5) is 5.69 Å². The highest BCUT2D eigenvalue weighted by molar-refractivity contribution is 5.55. The number of hydrogen-bond donors (Lipinski definition) is 1. The highest BCUT2D eigenvalue weighted by atomic mass is 14.9. The molecule has 0 saturated heterocycles. The van der Waals surface area contributed by atoms with Gasteiger partial charge in [0.2, 0.25) is 0 Å². The second-order valence-corrected chi connectivity index (χ2v) is 3.74. The van der Waals surface area contributed by atoms with Gasteiger partial charge in [-0.25, -0.2) is 0 Å². The maximum Gasteiger partial charge on any atom is 0.0377 e. The van der Waals surface area contributed by atoms with E-state index in [1.807, 2.05) is 0 Å². The van der Waals surface area contributed by atoms with Gasteiger partial charge in [0.25, 0.3) is 0 Å². The lowest BCUT2D eigenvalue weighted by molar-refractivity contribution is 0.681. The Balaban J connectivity index is 2.37. The molecule has 12 heavy (non-hydrogen) atoms. The molecule has 0 bridgehead atoms. The zero-order valence-corrected chi connectivity index (χ0v) is 7.72. The average Bonchev–Trinajstić information content (AvgIpc) is 2.03. The molecule has 1 heterocycles. The van der Waals surface area contributed by atoms with Gasteiger partial charge in [-0.05, 0) is 43.9 Å². The van der Waals surface area contributed by atoms with E-state index >= 15 is 0 Å². The third-order valence-electron chi connectivity index (χ3n) is 2.51. The van der Waals surface area contributed by atoms with Gasteiger partial charge in [-0.1, -0.05) is 12.1 Å². The summed E-state index contributed by atoms with van der Waals surface area (Å²) in [6, 6.07) is 7.31. The molecule has 1 nitrogen and oxygen atoms in total. The van der Waals surface area contributed by atoms with Gasteiger partial charge in [-0.2, -0.15) is 0 Å². The summed E-state index contributed by atoms with van der Waals surface area (Å²) < 4.78 is 0. The zero-order valence-electron chi connectivity index (χ0n) is 7.72. The van der Waals surface area contributed by atoms with Gasteiger partial charge in [-0.3, -0.25) is 0 Å². The maximum absolute atomic E-state index is 3.50. The van der Waals surface area contributed by atoms with E-state index in [1.54, 1.807) is 0 Å². The van der Waals surface area contributed by atoms with E-state index in [9.17, 15) is 0 Å². The molecular formula is C11H15N. The molecule has 1 aromatic carbocycles. The molecule has 2 rings (SSSR count). The lowest BCUT2D eigenvalue weighted by Crippen LogP contribution is -2.21. The summed E-state index contributed by atoms with van der Waals surface area (Å²) in [5.41, 5.74) is 4.16. The van der Waals surface area contributed by atoms with E-state index in [4.69, 9.17) is 0 Å². The quantitative estimate of drug-likeness (QED) is 0.617. The molecule has 1 heteroatoms. The van der Waals surface area contributed by atoms with Crippen LogP contribution < -0.4 is 5.32 Å². The summed E-state index contributed by atoms with van der Waals surface area (Å²) >= 11 is 0. The van der Waals surface area contributed by atoms with Crippen molar-refractivity contribution >= 4 is 5.69 Å². The van der Waals surface area contributed by atoms with Crippen molar-refractivity contribution in [1.82, 2.24) is 0 Å². The molecule has 64 valence electrons. The molecule has 0 unspecified atom stereocenters. The molecule has 1 aliphatic rings. The van der Waals surface area contributed by atoms with Gasteiger partial charge in [0.15, 0.2) is 0 Å². The fourth-order valence-corrected chi connectivity index (χ4v) is 1.75. The van der Waals surface area contributed by atoms with Crippen LogP contribution in [-0.2, 0) is 6.42 Å². The Hall–Kier alpha value is -0.980. The van der Waals surface area contributed by atoms with Gasteiger partial charge in [0.1, 0.15) is 0 Å². The van der Waals surface area contributed by atoms with Crippen LogP contribution >= 0.6 is 0 Å². The van der Waals surface area contributed by atoms with Gasteiger partial charge in [0.05, 0.1) is 0 Å². The second kappa shape index (κ2) is 2.81. The highest BCUT2D eigenvalue weighted by Gasteiger charge is 2.12. The summed E-state index contributed by atoms with van der Waals surface area (Å²) in [6.07, 6.45) is 2.49. The average molecular weight is 161 g/mol. The Kier molecular flexibility index (Phi) is 1.80. The van der Waals surface area contributed by atoms with Crippen molar-refractivity contribution in [1.29, 1.82) is 0 Å². The summed E-state index contributed by atoms with van der Waals surface area (Å²) in [7, 11) is 0. The lowest BCUT2D eigenvalue weighted by atomic mass is 9.98. The summed E-state index contributed by atoms with van der Waals surface area (Å²) in [6.45, 7) is 4.38. The van der Waals surface area contributed by atoms with Crippen LogP contribution in [0.3, 0.4) is 0 Å². The summed E-state index contributed by atoms with van der Waals surface area (Å²) in [4.78, 5) is 0. The van der Waals surface area contributed by atoms with Crippen LogP contribution in [0.5, 0.6) is 0 Å². The van der Waals surface area contributed by atoms with E-state index in [1.165, 1.54) is 29.7 Å². The van der Waals surface area contributed by atoms with Crippen LogP contribution in [0, 0.1) is 6.92 Å². The Morgan fingerprint density at radius 2 is 2.25 bits per heavy atom. The zero-order chi connectivity index (χ0) is 8.55. The molecule has 0 radical (unpaired) electrons. The van der Waals surface area contributed by atoms with Crippen LogP contribution in [0.25, 0.3) is 0 Å². The van der Waals surface area contributed by atoms with Crippen LogP contribution in [0.2, 0.25) is 0 Å². The van der Waals surface area contributed by atoms with Crippen molar-refractivity contribution in [3.05, 3.63) is 29.3 Å². The van der Waals surface area contributed by atoms with E-state index in [0.29, 0.717) is 6.04 Å².